The van der Waals surface area contributed by atoms with Gasteiger partial charge in [0.1, 0.15) is 10.7 Å². The van der Waals surface area contributed by atoms with Crippen molar-refractivity contribution in [1.82, 2.24) is 10.0 Å². The van der Waals surface area contributed by atoms with Gasteiger partial charge in [0, 0.05) is 11.7 Å². The van der Waals surface area contributed by atoms with Gasteiger partial charge >= 0.3 is 0 Å². The zero-order chi connectivity index (χ0) is 16.4. The topological polar surface area (TPSA) is 101 Å². The highest BCUT2D eigenvalue weighted by Gasteiger charge is 2.26. The van der Waals surface area contributed by atoms with Gasteiger partial charge in [-0.2, -0.15) is 4.72 Å². The first-order valence-electron chi connectivity index (χ1n) is 6.43. The molecule has 0 heterocycles. The van der Waals surface area contributed by atoms with E-state index in [0.29, 0.717) is 0 Å². The molecule has 0 aliphatic rings. The summed E-state index contributed by atoms with van der Waals surface area (Å²) in [5, 5.41) is 2.57. The Hall–Kier alpha value is -1.67. The number of nitrogens with two attached hydrogens (primary N) is 1. The maximum atomic E-state index is 14.0. The minimum Gasteiger partial charge on any atom is -0.399 e. The molecule has 0 fully saturated rings. The van der Waals surface area contributed by atoms with E-state index in [4.69, 9.17) is 5.73 Å². The van der Waals surface area contributed by atoms with Gasteiger partial charge in [0.2, 0.25) is 15.9 Å². The van der Waals surface area contributed by atoms with Crippen LogP contribution in [-0.2, 0) is 14.8 Å². The van der Waals surface area contributed by atoms with E-state index in [2.05, 4.69) is 10.0 Å². The van der Waals surface area contributed by atoms with E-state index in [1.807, 2.05) is 0 Å². The Balaban J connectivity index is 3.05. The van der Waals surface area contributed by atoms with Gasteiger partial charge in [0.15, 0.2) is 0 Å². The van der Waals surface area contributed by atoms with Crippen molar-refractivity contribution < 1.29 is 17.6 Å². The molecule has 1 unspecified atom stereocenters. The van der Waals surface area contributed by atoms with Crippen molar-refractivity contribution in [3.8, 4) is 0 Å². The molecule has 0 bridgehead atoms. The Kier molecular flexibility index (Phi) is 5.30. The summed E-state index contributed by atoms with van der Waals surface area (Å²) >= 11 is 0. The molecule has 0 spiro atoms. The molecule has 0 saturated heterocycles. The maximum Gasteiger partial charge on any atom is 0.244 e. The van der Waals surface area contributed by atoms with Crippen LogP contribution in [0.2, 0.25) is 0 Å². The van der Waals surface area contributed by atoms with Gasteiger partial charge in [-0.3, -0.25) is 4.79 Å². The molecular weight excluding hydrogens is 297 g/mol. The fraction of sp³-hybridized carbons (Fsp3) is 0.462. The summed E-state index contributed by atoms with van der Waals surface area (Å²) in [4.78, 5) is 11.2. The van der Waals surface area contributed by atoms with Gasteiger partial charge in [0.05, 0.1) is 6.04 Å². The monoisotopic (exact) mass is 317 g/mol. The predicted octanol–water partition coefficient (Wildman–Crippen LogP) is 0.908. The third kappa shape index (κ3) is 4.40. The minimum atomic E-state index is -4.18. The lowest BCUT2D eigenvalue weighted by atomic mass is 10.2. The fourth-order valence-electron chi connectivity index (χ4n) is 1.72. The second kappa shape index (κ2) is 6.40. The number of hydrogen-bond donors (Lipinski definition) is 3. The molecule has 0 aliphatic carbocycles. The summed E-state index contributed by atoms with van der Waals surface area (Å²) in [5.41, 5.74) is 5.80. The number of benzene rings is 1. The Labute approximate surface area is 124 Å². The van der Waals surface area contributed by atoms with Crippen LogP contribution in [0.4, 0.5) is 10.1 Å². The van der Waals surface area contributed by atoms with Crippen LogP contribution in [0.1, 0.15) is 26.3 Å². The molecule has 0 aromatic heterocycles. The van der Waals surface area contributed by atoms with Gasteiger partial charge in [-0.25, -0.2) is 12.8 Å². The van der Waals surface area contributed by atoms with E-state index in [0.717, 1.165) is 6.07 Å². The highest BCUT2D eigenvalue weighted by molar-refractivity contribution is 7.89. The van der Waals surface area contributed by atoms with Crippen LogP contribution in [-0.4, -0.2) is 26.4 Å². The van der Waals surface area contributed by atoms with Crippen LogP contribution in [0, 0.1) is 12.7 Å². The molecule has 6 nitrogen and oxygen atoms in total. The number of carbonyl (C=O) groups excluding carboxylic acids is 1. The molecule has 118 valence electrons. The highest BCUT2D eigenvalue weighted by Crippen LogP contribution is 2.21. The lowest BCUT2D eigenvalue weighted by Crippen LogP contribution is -2.46. The van der Waals surface area contributed by atoms with Gasteiger partial charge in [0.25, 0.3) is 0 Å². The summed E-state index contributed by atoms with van der Waals surface area (Å²) in [6.07, 6.45) is 0. The first-order chi connectivity index (χ1) is 9.54. The minimum absolute atomic E-state index is 0.120. The molecule has 1 aromatic rings. The number of aryl methyl sites for hydroxylation is 1. The number of carbonyl (C=O) groups is 1. The van der Waals surface area contributed by atoms with E-state index in [1.54, 1.807) is 13.8 Å². The molecule has 21 heavy (non-hydrogen) atoms. The van der Waals surface area contributed by atoms with E-state index in [9.17, 15) is 17.6 Å². The summed E-state index contributed by atoms with van der Waals surface area (Å²) in [6.45, 7) is 6.30. The Morgan fingerprint density at radius 3 is 2.38 bits per heavy atom. The van der Waals surface area contributed by atoms with E-state index >= 15 is 0 Å². The number of hydrogen-bond acceptors (Lipinski definition) is 4. The van der Waals surface area contributed by atoms with Crippen LogP contribution < -0.4 is 15.8 Å². The van der Waals surface area contributed by atoms with Crippen molar-refractivity contribution in [2.45, 2.75) is 44.7 Å². The molecule has 1 aromatic carbocycles. The average molecular weight is 317 g/mol. The third-order valence-corrected chi connectivity index (χ3v) is 4.23. The van der Waals surface area contributed by atoms with Crippen molar-refractivity contribution >= 4 is 21.6 Å². The standard InChI is InChI=1S/C13H20FN3O3S/c1-7(2)16-13(18)9(4)17-21(19,20)11-6-10(15)5-8(3)12(11)14/h5-7,9,17H,15H2,1-4H3,(H,16,18). The van der Waals surface area contributed by atoms with Gasteiger partial charge in [-0.05, 0) is 45.4 Å². The van der Waals surface area contributed by atoms with Crippen molar-refractivity contribution in [2.24, 2.45) is 0 Å². The van der Waals surface area contributed by atoms with Crippen molar-refractivity contribution in [1.29, 1.82) is 0 Å². The molecule has 1 rings (SSSR count). The molecule has 8 heteroatoms. The van der Waals surface area contributed by atoms with Crippen LogP contribution in [0.3, 0.4) is 0 Å². The fourth-order valence-corrected chi connectivity index (χ4v) is 3.11. The molecule has 1 atom stereocenters. The zero-order valence-electron chi connectivity index (χ0n) is 12.4. The Morgan fingerprint density at radius 1 is 1.29 bits per heavy atom. The molecule has 0 saturated carbocycles. The van der Waals surface area contributed by atoms with Gasteiger partial charge in [-0.15, -0.1) is 0 Å². The predicted molar refractivity (Wildman–Crippen MR) is 78.6 cm³/mol. The van der Waals surface area contributed by atoms with E-state index in [-0.39, 0.29) is 17.3 Å². The molecule has 0 aliphatic heterocycles. The zero-order valence-corrected chi connectivity index (χ0v) is 13.2. The number of nitrogens with one attached hydrogen (secondary N) is 2. The Bertz CT molecular complexity index is 644. The largest absolute Gasteiger partial charge is 0.399 e. The number of anilines is 1. The quantitative estimate of drug-likeness (QED) is 0.702. The molecule has 0 radical (unpaired) electrons. The first-order valence-corrected chi connectivity index (χ1v) is 7.91. The lowest BCUT2D eigenvalue weighted by molar-refractivity contribution is -0.122. The SMILES string of the molecule is Cc1cc(N)cc(S(=O)(=O)NC(C)C(=O)NC(C)C)c1F. The van der Waals surface area contributed by atoms with Crippen LogP contribution in [0.15, 0.2) is 17.0 Å². The molecular formula is C13H20FN3O3S. The van der Waals surface area contributed by atoms with Gasteiger partial charge < -0.3 is 11.1 Å². The summed E-state index contributed by atoms with van der Waals surface area (Å²) in [7, 11) is -4.18. The Morgan fingerprint density at radius 2 is 1.86 bits per heavy atom. The van der Waals surface area contributed by atoms with E-state index in [1.165, 1.54) is 19.9 Å². The van der Waals surface area contributed by atoms with Crippen LogP contribution in [0.5, 0.6) is 0 Å². The number of nitrogen functional groups attached to an aromatic ring is 1. The van der Waals surface area contributed by atoms with Crippen LogP contribution >= 0.6 is 0 Å². The number of rotatable bonds is 5. The van der Waals surface area contributed by atoms with E-state index < -0.39 is 32.7 Å². The lowest BCUT2D eigenvalue weighted by Gasteiger charge is -2.17. The summed E-state index contributed by atoms with van der Waals surface area (Å²) in [5.74, 6) is -1.37. The average Bonchev–Trinajstić information content (AvgIpc) is 2.32. The second-order valence-electron chi connectivity index (χ2n) is 5.16. The first kappa shape index (κ1) is 17.4. The molecule has 1 amide bonds. The van der Waals surface area contributed by atoms with Crippen molar-refractivity contribution in [2.75, 3.05) is 5.73 Å². The van der Waals surface area contributed by atoms with Crippen LogP contribution in [0.25, 0.3) is 0 Å². The maximum absolute atomic E-state index is 14.0. The second-order valence-corrected chi connectivity index (χ2v) is 6.84. The molecule has 4 N–H and O–H groups in total. The normalized spacial score (nSPS) is 13.2. The van der Waals surface area contributed by atoms with Crippen molar-refractivity contribution in [3.63, 3.8) is 0 Å². The third-order valence-electron chi connectivity index (χ3n) is 2.69. The number of halogens is 1. The highest BCUT2D eigenvalue weighted by atomic mass is 32.2. The number of amides is 1. The number of sulfonamides is 1. The van der Waals surface area contributed by atoms with Crippen molar-refractivity contribution in [3.05, 3.63) is 23.5 Å². The smallest absolute Gasteiger partial charge is 0.244 e. The van der Waals surface area contributed by atoms with Gasteiger partial charge in [-0.1, -0.05) is 0 Å². The summed E-state index contributed by atoms with van der Waals surface area (Å²) in [6, 6.07) is 1.20. The summed E-state index contributed by atoms with van der Waals surface area (Å²) < 4.78 is 40.4.